The first-order valence-electron chi connectivity index (χ1n) is 16.5. The minimum absolute atomic E-state index is 0.0106. The molecule has 0 fully saturated rings. The lowest BCUT2D eigenvalue weighted by Gasteiger charge is -2.09. The second-order valence-electron chi connectivity index (χ2n) is 11.3. The molecule has 0 radical (unpaired) electrons. The molecule has 4 N–H and O–H groups in total. The van der Waals surface area contributed by atoms with Crippen LogP contribution in [0.25, 0.3) is 33.9 Å². The van der Waals surface area contributed by atoms with Gasteiger partial charge >= 0.3 is 6.18 Å². The fourth-order valence-corrected chi connectivity index (χ4v) is 5.97. The highest BCUT2D eigenvalue weighted by Crippen LogP contribution is 2.34. The third kappa shape index (κ3) is 14.4. The van der Waals surface area contributed by atoms with Crippen LogP contribution in [0.3, 0.4) is 0 Å². The van der Waals surface area contributed by atoms with Crippen molar-refractivity contribution in [3.05, 3.63) is 126 Å². The van der Waals surface area contributed by atoms with Crippen molar-refractivity contribution in [1.82, 2.24) is 19.6 Å². The Morgan fingerprint density at radius 2 is 1.02 bits per heavy atom. The van der Waals surface area contributed by atoms with E-state index in [9.17, 15) is 60.7 Å². The molecule has 6 rings (SSSR count). The average molecular weight is 915 g/mol. The lowest BCUT2D eigenvalue weighted by Crippen LogP contribution is -2.12. The van der Waals surface area contributed by atoms with E-state index in [0.29, 0.717) is 45.5 Å². The number of aryl methyl sites for hydroxylation is 1. The minimum atomic E-state index is -4.61. The SMILES string of the molecule is CF.CF.CF.CF.COc1ccc(-c2cc(C(F)F)nn2-c2ccc(S(N)(=O)=O)cc2)cc1F.Cc1ccc(-c2cc(C(F)(F)F)nn2-c2ccc(S(N)(=O)=O)cc2)cc1. The van der Waals surface area contributed by atoms with Crippen LogP contribution in [-0.4, -0.2) is 72.2 Å². The summed E-state index contributed by atoms with van der Waals surface area (Å²) >= 11 is 0. The molecule has 0 spiro atoms. The summed E-state index contributed by atoms with van der Waals surface area (Å²) in [5, 5.41) is 17.6. The van der Waals surface area contributed by atoms with Crippen molar-refractivity contribution >= 4 is 20.0 Å². The van der Waals surface area contributed by atoms with Gasteiger partial charge in [0.2, 0.25) is 20.0 Å². The molecule has 0 aliphatic carbocycles. The molecule has 6 aromatic rings. The van der Waals surface area contributed by atoms with Crippen LogP contribution < -0.4 is 15.0 Å². The van der Waals surface area contributed by atoms with Crippen LogP contribution in [0.1, 0.15) is 23.4 Å². The van der Waals surface area contributed by atoms with Crippen molar-refractivity contribution in [2.24, 2.45) is 10.3 Å². The molecule has 334 valence electrons. The fourth-order valence-electron chi connectivity index (χ4n) is 4.93. The fraction of sp³-hybridized carbons (Fsp3) is 0.211. The van der Waals surface area contributed by atoms with E-state index in [2.05, 4.69) is 10.2 Å². The molecule has 4 aromatic carbocycles. The Hall–Kier alpha value is -5.78. The maximum Gasteiger partial charge on any atom is 0.435 e. The predicted molar refractivity (Wildman–Crippen MR) is 210 cm³/mol. The van der Waals surface area contributed by atoms with Crippen molar-refractivity contribution in [2.75, 3.05) is 35.8 Å². The second-order valence-corrected chi connectivity index (χ2v) is 14.4. The third-order valence-electron chi connectivity index (χ3n) is 7.57. The van der Waals surface area contributed by atoms with Gasteiger partial charge in [0.15, 0.2) is 17.3 Å². The zero-order valence-electron chi connectivity index (χ0n) is 33.0. The summed E-state index contributed by atoms with van der Waals surface area (Å²) < 4.78 is 170. The minimum Gasteiger partial charge on any atom is -0.494 e. The summed E-state index contributed by atoms with van der Waals surface area (Å²) in [5.74, 6) is -0.651. The average Bonchev–Trinajstić information content (AvgIpc) is 3.91. The van der Waals surface area contributed by atoms with Gasteiger partial charge in [0.25, 0.3) is 6.43 Å². The van der Waals surface area contributed by atoms with Gasteiger partial charge in [-0.1, -0.05) is 29.8 Å². The molecular formula is C38H40F10N6O5S2. The summed E-state index contributed by atoms with van der Waals surface area (Å²) in [4.78, 5) is -0.272. The number of sulfonamides is 2. The van der Waals surface area contributed by atoms with Gasteiger partial charge in [-0.15, -0.1) is 0 Å². The highest BCUT2D eigenvalue weighted by molar-refractivity contribution is 7.89. The van der Waals surface area contributed by atoms with Crippen LogP contribution in [0.5, 0.6) is 5.75 Å². The predicted octanol–water partition coefficient (Wildman–Crippen LogP) is 9.13. The van der Waals surface area contributed by atoms with Gasteiger partial charge in [0.1, 0.15) is 5.69 Å². The molecular weight excluding hydrogens is 875 g/mol. The molecule has 0 aliphatic heterocycles. The summed E-state index contributed by atoms with van der Waals surface area (Å²) in [6.07, 6.45) is -7.44. The third-order valence-corrected chi connectivity index (χ3v) is 9.42. The van der Waals surface area contributed by atoms with Gasteiger partial charge in [0.05, 0.1) is 68.4 Å². The smallest absolute Gasteiger partial charge is 0.435 e. The number of ether oxygens (including phenoxy) is 1. The lowest BCUT2D eigenvalue weighted by molar-refractivity contribution is -0.141. The number of halogens is 10. The van der Waals surface area contributed by atoms with Crippen molar-refractivity contribution < 1.29 is 65.5 Å². The number of benzene rings is 4. The van der Waals surface area contributed by atoms with Crippen LogP contribution in [0, 0.1) is 12.7 Å². The van der Waals surface area contributed by atoms with Crippen molar-refractivity contribution in [1.29, 1.82) is 0 Å². The highest BCUT2D eigenvalue weighted by atomic mass is 32.2. The largest absolute Gasteiger partial charge is 0.494 e. The Balaban J connectivity index is 0.000000525. The maximum atomic E-state index is 14.0. The number of methoxy groups -OCH3 is 1. The van der Waals surface area contributed by atoms with Crippen LogP contribution in [-0.2, 0) is 26.2 Å². The number of hydrogen-bond acceptors (Lipinski definition) is 7. The molecule has 61 heavy (non-hydrogen) atoms. The normalized spacial score (nSPS) is 10.9. The van der Waals surface area contributed by atoms with Crippen LogP contribution in [0.2, 0.25) is 0 Å². The monoisotopic (exact) mass is 914 g/mol. The summed E-state index contributed by atoms with van der Waals surface area (Å²) in [6.45, 7) is 1.87. The van der Waals surface area contributed by atoms with Gasteiger partial charge in [-0.2, -0.15) is 23.4 Å². The lowest BCUT2D eigenvalue weighted by atomic mass is 10.1. The van der Waals surface area contributed by atoms with Gasteiger partial charge in [-0.3, -0.25) is 17.6 Å². The number of nitrogens with two attached hydrogens (primary N) is 2. The molecule has 0 amide bonds. The van der Waals surface area contributed by atoms with Crippen LogP contribution >= 0.6 is 0 Å². The quantitative estimate of drug-likeness (QED) is 0.144. The van der Waals surface area contributed by atoms with E-state index >= 15 is 0 Å². The zero-order chi connectivity index (χ0) is 46.9. The molecule has 0 bridgehead atoms. The number of primary sulfonamides is 2. The molecule has 2 heterocycles. The summed E-state index contributed by atoms with van der Waals surface area (Å²) in [7, 11) is -4.49. The van der Waals surface area contributed by atoms with Crippen molar-refractivity contribution in [2.45, 2.75) is 29.3 Å². The van der Waals surface area contributed by atoms with E-state index in [0.717, 1.165) is 28.4 Å². The number of rotatable bonds is 8. The Morgan fingerprint density at radius 1 is 0.607 bits per heavy atom. The van der Waals surface area contributed by atoms with Crippen LogP contribution in [0.15, 0.2) is 113 Å². The Kier molecular flexibility index (Phi) is 20.8. The highest BCUT2D eigenvalue weighted by Gasteiger charge is 2.35. The van der Waals surface area contributed by atoms with Gasteiger partial charge < -0.3 is 4.74 Å². The topological polar surface area (TPSA) is 165 Å². The van der Waals surface area contributed by atoms with E-state index in [1.165, 1.54) is 72.5 Å². The van der Waals surface area contributed by atoms with E-state index < -0.39 is 49.9 Å². The Labute approximate surface area is 345 Å². The molecule has 0 saturated heterocycles. The first-order chi connectivity index (χ1) is 28.8. The van der Waals surface area contributed by atoms with E-state index in [4.69, 9.17) is 15.0 Å². The molecule has 11 nitrogen and oxygen atoms in total. The first-order valence-corrected chi connectivity index (χ1v) is 19.6. The van der Waals surface area contributed by atoms with Crippen LogP contribution in [0.4, 0.5) is 43.9 Å². The molecule has 0 saturated carbocycles. The number of nitrogens with zero attached hydrogens (tertiary/aromatic N) is 4. The molecule has 2 aromatic heterocycles. The zero-order valence-corrected chi connectivity index (χ0v) is 34.6. The van der Waals surface area contributed by atoms with Crippen molar-refractivity contribution in [3.63, 3.8) is 0 Å². The Bertz CT molecular complexity index is 2480. The van der Waals surface area contributed by atoms with E-state index in [-0.39, 0.29) is 32.6 Å². The standard InChI is InChI=1S/C17H14F3N3O3S.C17H14F3N3O2S.4CH3F/c1-26-16-7-2-10(8-13(16)18)15-9-14(17(19)20)22-23(15)11-3-5-12(6-4-11)27(21,24)25;1-11-2-4-12(5-3-11)15-10-16(17(18,19)20)22-23(15)13-6-8-14(9-7-13)26(21,24)25;4*1-2/h2-9,17H,1H3,(H2,21,24,25);2-10H,1H3,(H2,21,24,25);4*1H3. The van der Waals surface area contributed by atoms with E-state index in [1.54, 1.807) is 24.3 Å². The molecule has 0 unspecified atom stereocenters. The van der Waals surface area contributed by atoms with Crippen molar-refractivity contribution in [3.8, 4) is 39.6 Å². The van der Waals surface area contributed by atoms with Gasteiger partial charge in [0, 0.05) is 11.1 Å². The number of alkyl halides is 9. The summed E-state index contributed by atoms with van der Waals surface area (Å²) in [6, 6.07) is 23.4. The second kappa shape index (κ2) is 23.9. The number of aromatic nitrogens is 4. The Morgan fingerprint density at radius 3 is 1.39 bits per heavy atom. The molecule has 0 aliphatic rings. The first kappa shape index (κ1) is 53.2. The number of hydrogen-bond donors (Lipinski definition) is 2. The van der Waals surface area contributed by atoms with Gasteiger partial charge in [-0.05, 0) is 85.8 Å². The van der Waals surface area contributed by atoms with E-state index in [1.807, 2.05) is 6.92 Å². The summed E-state index contributed by atoms with van der Waals surface area (Å²) in [5.41, 5.74) is 1.30. The molecule has 0 atom stereocenters. The molecule has 23 heteroatoms. The maximum absolute atomic E-state index is 14.0. The van der Waals surface area contributed by atoms with Gasteiger partial charge in [-0.25, -0.2) is 49.6 Å².